The molecule has 0 aliphatic carbocycles. The number of benzene rings is 3. The maximum Gasteiger partial charge on any atom is 0.265 e. The molecule has 0 spiro atoms. The monoisotopic (exact) mass is 670 g/mol. The van der Waals surface area contributed by atoms with E-state index in [1.807, 2.05) is 54.6 Å². The Morgan fingerprint density at radius 2 is 1.68 bits per heavy atom. The summed E-state index contributed by atoms with van der Waals surface area (Å²) in [5.74, 6) is 0.396. The van der Waals surface area contributed by atoms with Gasteiger partial charge in [-0.25, -0.2) is 19.0 Å². The molecule has 0 saturated heterocycles. The van der Waals surface area contributed by atoms with Gasteiger partial charge in [-0.15, -0.1) is 11.3 Å². The molecule has 0 fully saturated rings. The van der Waals surface area contributed by atoms with Crippen molar-refractivity contribution in [1.82, 2.24) is 10.4 Å². The van der Waals surface area contributed by atoms with Gasteiger partial charge >= 0.3 is 0 Å². The highest BCUT2D eigenvalue weighted by atomic mass is 32.2. The molecular formula is C35H38N6O4S2. The standard InChI is InChI=1S/C35H38N6O4S2/c1-35(2,3)25-18-27(31(45-5)28(19-25)41(36-4)47(6)44)40-34(43)29-17-23-13-10-14-26(32(23)46-29)39-33(42)24-15-16-30(38-21-24)37-20-22-11-8-7-9-12-22/h7-19,21,36H,20H2,1-6H3,(H,37,38)(H,39,42)(H,40,43). The third-order valence-electron chi connectivity index (χ3n) is 7.42. The van der Waals surface area contributed by atoms with Crippen LogP contribution in [0.1, 0.15) is 51.9 Å². The molecule has 2 heterocycles. The molecule has 10 nitrogen and oxygen atoms in total. The first-order valence-electron chi connectivity index (χ1n) is 14.9. The van der Waals surface area contributed by atoms with Crippen molar-refractivity contribution in [2.45, 2.75) is 32.7 Å². The Labute approximate surface area is 281 Å². The average Bonchev–Trinajstić information content (AvgIpc) is 3.50. The molecule has 1 atom stereocenters. The van der Waals surface area contributed by atoms with E-state index in [9.17, 15) is 13.8 Å². The van der Waals surface area contributed by atoms with Gasteiger partial charge in [-0.2, -0.15) is 0 Å². The number of hydrogen-bond acceptors (Lipinski definition) is 8. The Bertz CT molecular complexity index is 1920. The molecule has 1 unspecified atom stereocenters. The minimum absolute atomic E-state index is 0.269. The summed E-state index contributed by atoms with van der Waals surface area (Å²) in [5.41, 5.74) is 6.72. The van der Waals surface area contributed by atoms with Crippen molar-refractivity contribution >= 4 is 67.1 Å². The van der Waals surface area contributed by atoms with Gasteiger partial charge in [-0.1, -0.05) is 63.2 Å². The molecule has 244 valence electrons. The first kappa shape index (κ1) is 33.6. The first-order chi connectivity index (χ1) is 22.5. The quantitative estimate of drug-likeness (QED) is 0.112. The Kier molecular flexibility index (Phi) is 10.2. The number of methoxy groups -OCH3 is 1. The lowest BCUT2D eigenvalue weighted by atomic mass is 9.86. The zero-order valence-electron chi connectivity index (χ0n) is 27.1. The summed E-state index contributed by atoms with van der Waals surface area (Å²) in [5, 5.41) is 10.1. The fourth-order valence-electron chi connectivity index (χ4n) is 4.97. The highest BCUT2D eigenvalue weighted by Gasteiger charge is 2.25. The van der Waals surface area contributed by atoms with Gasteiger partial charge in [0, 0.05) is 26.0 Å². The summed E-state index contributed by atoms with van der Waals surface area (Å²) in [6.45, 7) is 6.81. The number of pyridine rings is 1. The number of anilines is 4. The summed E-state index contributed by atoms with van der Waals surface area (Å²) in [6.07, 6.45) is 3.09. The number of carbonyl (C=O) groups excluding carboxylic acids is 2. The Morgan fingerprint density at radius 1 is 0.936 bits per heavy atom. The van der Waals surface area contributed by atoms with Crippen molar-refractivity contribution in [3.8, 4) is 5.75 Å². The molecule has 47 heavy (non-hydrogen) atoms. The number of hydrazine groups is 1. The number of fused-ring (bicyclic) bond motifs is 1. The third kappa shape index (κ3) is 7.79. The maximum atomic E-state index is 13.7. The van der Waals surface area contributed by atoms with Crippen LogP contribution in [-0.2, 0) is 22.9 Å². The molecule has 0 aliphatic rings. The second-order valence-electron chi connectivity index (χ2n) is 11.8. The van der Waals surface area contributed by atoms with Crippen LogP contribution >= 0.6 is 11.3 Å². The molecule has 0 aliphatic heterocycles. The number of hydrogen-bond donors (Lipinski definition) is 4. The minimum atomic E-state index is -1.41. The van der Waals surface area contributed by atoms with Gasteiger partial charge in [-0.05, 0) is 58.3 Å². The molecule has 2 amide bonds. The molecule has 12 heteroatoms. The van der Waals surface area contributed by atoms with Gasteiger partial charge < -0.3 is 20.7 Å². The smallest absolute Gasteiger partial charge is 0.265 e. The largest absolute Gasteiger partial charge is 0.492 e. The van der Waals surface area contributed by atoms with Crippen LogP contribution in [0.15, 0.2) is 85.1 Å². The molecule has 5 rings (SSSR count). The van der Waals surface area contributed by atoms with Gasteiger partial charge in [0.05, 0.1) is 33.6 Å². The number of aromatic nitrogens is 1. The van der Waals surface area contributed by atoms with Gasteiger partial charge in [0.25, 0.3) is 11.8 Å². The zero-order valence-corrected chi connectivity index (χ0v) is 28.8. The van der Waals surface area contributed by atoms with E-state index in [4.69, 9.17) is 4.74 Å². The number of nitrogens with one attached hydrogen (secondary N) is 4. The van der Waals surface area contributed by atoms with Crippen molar-refractivity contribution in [3.63, 3.8) is 0 Å². The normalized spacial score (nSPS) is 12.0. The Balaban J connectivity index is 1.36. The lowest BCUT2D eigenvalue weighted by molar-refractivity contribution is 0.102. The summed E-state index contributed by atoms with van der Waals surface area (Å²) in [6, 6.07) is 24.6. The van der Waals surface area contributed by atoms with E-state index in [1.165, 1.54) is 29.1 Å². The Hall–Kier alpha value is -4.78. The molecule has 5 aromatic rings. The Morgan fingerprint density at radius 3 is 2.32 bits per heavy atom. The molecule has 0 radical (unpaired) electrons. The second-order valence-corrected chi connectivity index (χ2v) is 14.0. The van der Waals surface area contributed by atoms with E-state index >= 15 is 0 Å². The van der Waals surface area contributed by atoms with E-state index in [1.54, 1.807) is 37.6 Å². The van der Waals surface area contributed by atoms with Crippen molar-refractivity contribution in [2.24, 2.45) is 0 Å². The van der Waals surface area contributed by atoms with Crippen LogP contribution in [0.5, 0.6) is 5.75 Å². The fourth-order valence-corrected chi connectivity index (χ4v) is 6.66. The fraction of sp³-hybridized carbons (Fsp3) is 0.229. The van der Waals surface area contributed by atoms with Crippen LogP contribution in [0, 0.1) is 0 Å². The summed E-state index contributed by atoms with van der Waals surface area (Å²) < 4.78 is 20.5. The van der Waals surface area contributed by atoms with E-state index in [-0.39, 0.29) is 17.2 Å². The van der Waals surface area contributed by atoms with Crippen LogP contribution in [0.25, 0.3) is 10.1 Å². The number of thiophene rings is 1. The predicted molar refractivity (Wildman–Crippen MR) is 193 cm³/mol. The topological polar surface area (TPSA) is 125 Å². The van der Waals surface area contributed by atoms with Crippen LogP contribution in [0.3, 0.4) is 0 Å². The molecule has 3 aromatic carbocycles. The van der Waals surface area contributed by atoms with Crippen LogP contribution in [0.4, 0.5) is 22.9 Å². The predicted octanol–water partition coefficient (Wildman–Crippen LogP) is 6.95. The highest BCUT2D eigenvalue weighted by molar-refractivity contribution is 7.85. The van der Waals surface area contributed by atoms with Gasteiger partial charge in [0.1, 0.15) is 22.5 Å². The van der Waals surface area contributed by atoms with Crippen LogP contribution in [0.2, 0.25) is 0 Å². The molecule has 4 N–H and O–H groups in total. The molecule has 0 bridgehead atoms. The van der Waals surface area contributed by atoms with E-state index in [2.05, 4.69) is 47.1 Å². The maximum absolute atomic E-state index is 13.7. The third-order valence-corrected chi connectivity index (χ3v) is 9.50. The number of rotatable bonds is 11. The number of nitrogens with zero attached hydrogens (tertiary/aromatic N) is 2. The van der Waals surface area contributed by atoms with E-state index in [0.717, 1.165) is 21.2 Å². The molecular weight excluding hydrogens is 633 g/mol. The van der Waals surface area contributed by atoms with Crippen molar-refractivity contribution in [2.75, 3.05) is 40.8 Å². The van der Waals surface area contributed by atoms with Gasteiger partial charge in [-0.3, -0.25) is 9.59 Å². The lowest BCUT2D eigenvalue weighted by Crippen LogP contribution is -2.36. The van der Waals surface area contributed by atoms with Crippen molar-refractivity contribution in [1.29, 1.82) is 0 Å². The minimum Gasteiger partial charge on any atom is -0.492 e. The van der Waals surface area contributed by atoms with Crippen LogP contribution in [-0.4, -0.2) is 41.4 Å². The van der Waals surface area contributed by atoms with Crippen LogP contribution < -0.4 is 30.5 Å². The van der Waals surface area contributed by atoms with E-state index < -0.39 is 11.0 Å². The van der Waals surface area contributed by atoms with Gasteiger partial charge in [0.2, 0.25) is 0 Å². The van der Waals surface area contributed by atoms with E-state index in [0.29, 0.717) is 45.6 Å². The van der Waals surface area contributed by atoms with Crippen molar-refractivity contribution < 1.29 is 18.5 Å². The highest BCUT2D eigenvalue weighted by Crippen LogP contribution is 2.41. The first-order valence-corrected chi connectivity index (χ1v) is 17.2. The molecule has 2 aromatic heterocycles. The number of ether oxygens (including phenoxy) is 1. The summed E-state index contributed by atoms with van der Waals surface area (Å²) >= 11 is 1.27. The average molecular weight is 671 g/mol. The summed E-state index contributed by atoms with van der Waals surface area (Å²) in [7, 11) is 1.77. The second kappa shape index (κ2) is 14.3. The number of amides is 2. The van der Waals surface area contributed by atoms with Gasteiger partial charge in [0.15, 0.2) is 5.75 Å². The molecule has 0 saturated carbocycles. The SMILES string of the molecule is CNN(c1cc(C(C)(C)C)cc(NC(=O)c2cc3cccc(NC(=O)c4ccc(NCc5ccccc5)nc4)c3s2)c1OC)S(C)=O. The zero-order chi connectivity index (χ0) is 33.7. The number of carbonyl (C=O) groups is 2. The summed E-state index contributed by atoms with van der Waals surface area (Å²) in [4.78, 5) is 31.7. The lowest BCUT2D eigenvalue weighted by Gasteiger charge is -2.28. The van der Waals surface area contributed by atoms with Crippen molar-refractivity contribution in [3.05, 3.63) is 107 Å².